The molecule has 2 aromatic carbocycles. The third kappa shape index (κ3) is 5.66. The monoisotopic (exact) mass is 624 g/mol. The first-order valence-corrected chi connectivity index (χ1v) is 15.2. The Hall–Kier alpha value is -3.03. The Morgan fingerprint density at radius 1 is 1.07 bits per heavy atom. The number of halogens is 4. The maximum atomic E-state index is 13.8. The van der Waals surface area contributed by atoms with Gasteiger partial charge in [-0.1, -0.05) is 17.7 Å². The van der Waals surface area contributed by atoms with Gasteiger partial charge in [0.05, 0.1) is 26.9 Å². The Balaban J connectivity index is 1.33. The van der Waals surface area contributed by atoms with E-state index in [1.165, 1.54) is 24.5 Å². The molecule has 2 fully saturated rings. The van der Waals surface area contributed by atoms with Crippen LogP contribution >= 0.6 is 11.6 Å². The molecule has 2 aliphatic rings. The van der Waals surface area contributed by atoms with Crippen LogP contribution < -0.4 is 5.32 Å². The van der Waals surface area contributed by atoms with E-state index in [1.807, 2.05) is 0 Å². The molecule has 1 amide bonds. The third-order valence-corrected chi connectivity index (χ3v) is 11.1. The van der Waals surface area contributed by atoms with E-state index in [1.54, 1.807) is 12.1 Å². The molecule has 8 nitrogen and oxygen atoms in total. The summed E-state index contributed by atoms with van der Waals surface area (Å²) in [5.74, 6) is -6.54. The number of sulfone groups is 1. The van der Waals surface area contributed by atoms with E-state index in [9.17, 15) is 41.7 Å². The zero-order valence-corrected chi connectivity index (χ0v) is 23.6. The number of amides is 1. The second-order valence-corrected chi connectivity index (χ2v) is 13.6. The molecule has 5 unspecified atom stereocenters. The number of aromatic nitrogens is 1. The summed E-state index contributed by atoms with van der Waals surface area (Å²) in [5, 5.41) is 34.1. The minimum Gasteiger partial charge on any atom is -0.390 e. The van der Waals surface area contributed by atoms with Crippen LogP contribution in [0.4, 0.5) is 18.9 Å². The van der Waals surface area contributed by atoms with E-state index in [4.69, 9.17) is 11.6 Å². The molecular weight excluding hydrogens is 597 g/mol. The highest BCUT2D eigenvalue weighted by Crippen LogP contribution is 2.54. The predicted molar refractivity (Wildman–Crippen MR) is 147 cm³/mol. The van der Waals surface area contributed by atoms with Gasteiger partial charge in [-0.15, -0.1) is 0 Å². The number of nitrogens with one attached hydrogen (secondary N) is 1. The minimum absolute atomic E-state index is 0.0753. The number of anilines is 1. The van der Waals surface area contributed by atoms with Crippen molar-refractivity contribution in [3.05, 3.63) is 88.5 Å². The first-order chi connectivity index (χ1) is 19.8. The summed E-state index contributed by atoms with van der Waals surface area (Å²) in [6.45, 7) is 0. The Morgan fingerprint density at radius 2 is 1.71 bits per heavy atom. The van der Waals surface area contributed by atoms with Gasteiger partial charge >= 0.3 is 0 Å². The Bertz CT molecular complexity index is 1570. The smallest absolute Gasteiger partial charge is 0.255 e. The van der Waals surface area contributed by atoms with Crippen LogP contribution in [0.5, 0.6) is 0 Å². The standard InChI is InChI=1S/C29H28ClF3N2O6S/c30-21-6-3-15(28(38)35-19-11-22(31)26(33)23(32)12-19)8-25(21)42(40,41)20-9-17-4-5-18(10-20)29(17,39)13-24(36)27(37)16-2-1-7-34-14-16/h1-3,6-8,11-12,14,17-18,20,24,27,36-37,39H,4-5,9-10,13H2,(H,35,38)/t17-,18?,20?,24?,27?,29?/m0/s1. The van der Waals surface area contributed by atoms with Gasteiger partial charge in [0, 0.05) is 47.8 Å². The molecular formula is C29H28ClF3N2O6S. The van der Waals surface area contributed by atoms with Crippen LogP contribution in [0.1, 0.15) is 54.1 Å². The average molecular weight is 625 g/mol. The lowest BCUT2D eigenvalue weighted by molar-refractivity contribution is -0.109. The van der Waals surface area contributed by atoms with Crippen LogP contribution in [0.25, 0.3) is 0 Å². The number of fused-ring (bicyclic) bond motifs is 2. The van der Waals surface area contributed by atoms with Gasteiger partial charge in [-0.2, -0.15) is 0 Å². The lowest BCUT2D eigenvalue weighted by Crippen LogP contribution is -2.50. The van der Waals surface area contributed by atoms with Crippen molar-refractivity contribution in [1.82, 2.24) is 4.98 Å². The fourth-order valence-corrected chi connectivity index (χ4v) is 8.69. The topological polar surface area (TPSA) is 137 Å². The summed E-state index contributed by atoms with van der Waals surface area (Å²) in [4.78, 5) is 16.4. The second kappa shape index (κ2) is 11.6. The van der Waals surface area contributed by atoms with Gasteiger partial charge in [-0.05, 0) is 61.8 Å². The van der Waals surface area contributed by atoms with Gasteiger partial charge in [0.1, 0.15) is 6.10 Å². The average Bonchev–Trinajstić information content (AvgIpc) is 3.11. The number of benzene rings is 2. The lowest BCUT2D eigenvalue weighted by atomic mass is 9.71. The van der Waals surface area contributed by atoms with Crippen molar-refractivity contribution in [1.29, 1.82) is 0 Å². The lowest BCUT2D eigenvalue weighted by Gasteiger charge is -2.44. The van der Waals surface area contributed by atoms with Gasteiger partial charge < -0.3 is 20.6 Å². The number of nitrogens with zero attached hydrogens (tertiary/aromatic N) is 1. The van der Waals surface area contributed by atoms with Gasteiger partial charge in [0.2, 0.25) is 0 Å². The van der Waals surface area contributed by atoms with Gasteiger partial charge in [-0.25, -0.2) is 21.6 Å². The highest BCUT2D eigenvalue weighted by atomic mass is 35.5. The van der Waals surface area contributed by atoms with E-state index in [-0.39, 0.29) is 40.4 Å². The molecule has 0 aliphatic heterocycles. The molecule has 6 atom stereocenters. The Morgan fingerprint density at radius 3 is 2.31 bits per heavy atom. The second-order valence-electron chi connectivity index (χ2n) is 11.0. The fourth-order valence-electron chi connectivity index (χ4n) is 6.29. The minimum atomic E-state index is -4.12. The number of hydrogen-bond acceptors (Lipinski definition) is 7. The number of pyridine rings is 1. The molecule has 13 heteroatoms. The maximum Gasteiger partial charge on any atom is 0.255 e. The predicted octanol–water partition coefficient (Wildman–Crippen LogP) is 4.58. The highest BCUT2D eigenvalue weighted by Gasteiger charge is 2.56. The van der Waals surface area contributed by atoms with Gasteiger partial charge in [0.15, 0.2) is 27.3 Å². The highest BCUT2D eigenvalue weighted by molar-refractivity contribution is 7.92. The van der Waals surface area contributed by atoms with E-state index >= 15 is 0 Å². The number of carbonyl (C=O) groups is 1. The van der Waals surface area contributed by atoms with Crippen LogP contribution in [0.15, 0.2) is 59.8 Å². The quantitative estimate of drug-likeness (QED) is 0.269. The molecule has 2 saturated carbocycles. The molecule has 4 N–H and O–H groups in total. The van der Waals surface area contributed by atoms with Gasteiger partial charge in [-0.3, -0.25) is 9.78 Å². The summed E-state index contributed by atoms with van der Waals surface area (Å²) in [6.07, 6.45) is 1.44. The first kappa shape index (κ1) is 30.4. The fraction of sp³-hybridized carbons (Fsp3) is 0.379. The SMILES string of the molecule is O=C(Nc1cc(F)c(F)c(F)c1)c1ccc(Cl)c(S(=O)(=O)C2CC3CC[C@@H](C2)C3(O)CC(O)C(O)c2cccnc2)c1. The van der Waals surface area contributed by atoms with E-state index in [0.29, 0.717) is 30.5 Å². The summed E-state index contributed by atoms with van der Waals surface area (Å²) >= 11 is 6.26. The van der Waals surface area contributed by atoms with Gasteiger partial charge in [0.25, 0.3) is 5.91 Å². The number of carbonyl (C=O) groups excluding carboxylic acids is 1. The zero-order valence-electron chi connectivity index (χ0n) is 22.1. The first-order valence-electron chi connectivity index (χ1n) is 13.3. The number of hydrogen-bond donors (Lipinski definition) is 4. The van der Waals surface area contributed by atoms with Crippen molar-refractivity contribution in [2.75, 3.05) is 5.32 Å². The van der Waals surface area contributed by atoms with Crippen molar-refractivity contribution < 1.29 is 41.7 Å². The van der Waals surface area contributed by atoms with Crippen molar-refractivity contribution in [2.45, 2.75) is 60.1 Å². The zero-order chi connectivity index (χ0) is 30.4. The normalized spacial score (nSPS) is 25.2. The van der Waals surface area contributed by atoms with Crippen molar-refractivity contribution in [3.63, 3.8) is 0 Å². The summed E-state index contributed by atoms with van der Waals surface area (Å²) in [6, 6.07) is 7.94. The number of aliphatic hydroxyl groups excluding tert-OH is 2. The summed E-state index contributed by atoms with van der Waals surface area (Å²) < 4.78 is 68.0. The van der Waals surface area contributed by atoms with E-state index in [2.05, 4.69) is 10.3 Å². The number of aliphatic hydroxyl groups is 3. The van der Waals surface area contributed by atoms with Crippen LogP contribution in [-0.2, 0) is 9.84 Å². The van der Waals surface area contributed by atoms with Crippen LogP contribution in [0.3, 0.4) is 0 Å². The van der Waals surface area contributed by atoms with Crippen molar-refractivity contribution in [2.24, 2.45) is 11.8 Å². The summed E-state index contributed by atoms with van der Waals surface area (Å²) in [7, 11) is -4.12. The Kier molecular flexibility index (Phi) is 8.38. The molecule has 1 heterocycles. The molecule has 42 heavy (non-hydrogen) atoms. The molecule has 3 aromatic rings. The van der Waals surface area contributed by atoms with Crippen LogP contribution in [0, 0.1) is 29.3 Å². The molecule has 0 saturated heterocycles. The van der Waals surface area contributed by atoms with E-state index < -0.39 is 68.1 Å². The molecule has 5 rings (SSSR count). The molecule has 0 spiro atoms. The molecule has 224 valence electrons. The number of rotatable bonds is 8. The van der Waals surface area contributed by atoms with E-state index in [0.717, 1.165) is 6.07 Å². The molecule has 2 aliphatic carbocycles. The third-order valence-electron chi connectivity index (χ3n) is 8.48. The van der Waals surface area contributed by atoms with Crippen LogP contribution in [-0.4, -0.2) is 51.6 Å². The van der Waals surface area contributed by atoms with Crippen molar-refractivity contribution >= 4 is 33.0 Å². The molecule has 0 radical (unpaired) electrons. The largest absolute Gasteiger partial charge is 0.390 e. The molecule has 2 bridgehead atoms. The van der Waals surface area contributed by atoms with Crippen molar-refractivity contribution in [3.8, 4) is 0 Å². The molecule has 1 aromatic heterocycles. The maximum absolute atomic E-state index is 13.8. The Labute approximate surface area is 245 Å². The van der Waals surface area contributed by atoms with Crippen LogP contribution in [0.2, 0.25) is 5.02 Å². The summed E-state index contributed by atoms with van der Waals surface area (Å²) in [5.41, 5.74) is -1.52.